The maximum Gasteiger partial charge on any atom is 0.264 e. The molecule has 0 saturated heterocycles. The van der Waals surface area contributed by atoms with Crippen molar-refractivity contribution >= 4 is 47.8 Å². The molecule has 0 heterocycles. The topological polar surface area (TPSA) is 101 Å². The van der Waals surface area contributed by atoms with Gasteiger partial charge in [-0.2, -0.15) is 8.42 Å². The molecule has 0 aliphatic heterocycles. The van der Waals surface area contributed by atoms with Crippen molar-refractivity contribution in [3.8, 4) is 11.5 Å². The van der Waals surface area contributed by atoms with Crippen LogP contribution >= 0.6 is 31.9 Å². The third-order valence-electron chi connectivity index (χ3n) is 4.47. The average molecular weight is 564 g/mol. The van der Waals surface area contributed by atoms with Gasteiger partial charge in [0.25, 0.3) is 10.1 Å². The lowest BCUT2D eigenvalue weighted by Gasteiger charge is -2.14. The number of phenols is 1. The second kappa shape index (κ2) is 10.7. The fourth-order valence-electron chi connectivity index (χ4n) is 2.90. The van der Waals surface area contributed by atoms with E-state index in [-0.39, 0.29) is 36.9 Å². The Morgan fingerprint density at radius 1 is 1.13 bits per heavy atom. The summed E-state index contributed by atoms with van der Waals surface area (Å²) in [6, 6.07) is 9.13. The summed E-state index contributed by atoms with van der Waals surface area (Å²) in [5.41, 5.74) is 2.95. The third kappa shape index (κ3) is 7.68. The molecule has 30 heavy (non-hydrogen) atoms. The van der Waals surface area contributed by atoms with Gasteiger partial charge in [-0.25, -0.2) is 0 Å². The SMILES string of the molecule is CC(C)c1cc(Cc2c(Br)cc(OCC(=O)CCCS(=O)(=O)O)cc2Br)ccc1O. The molecule has 0 atom stereocenters. The minimum atomic E-state index is -4.06. The molecule has 0 aliphatic carbocycles. The van der Waals surface area contributed by atoms with Crippen LogP contribution in [-0.2, 0) is 21.3 Å². The smallest absolute Gasteiger partial charge is 0.264 e. The average Bonchev–Trinajstić information content (AvgIpc) is 2.63. The van der Waals surface area contributed by atoms with Gasteiger partial charge in [-0.3, -0.25) is 9.35 Å². The van der Waals surface area contributed by atoms with Gasteiger partial charge in [-0.05, 0) is 53.6 Å². The molecule has 2 rings (SSSR count). The maximum absolute atomic E-state index is 11.8. The molecule has 0 unspecified atom stereocenters. The summed E-state index contributed by atoms with van der Waals surface area (Å²) in [7, 11) is -4.06. The zero-order valence-electron chi connectivity index (χ0n) is 16.7. The fourth-order valence-corrected chi connectivity index (χ4v) is 4.83. The Labute approximate surface area is 193 Å². The van der Waals surface area contributed by atoms with E-state index in [0.717, 1.165) is 25.6 Å². The first-order valence-electron chi connectivity index (χ1n) is 9.35. The van der Waals surface area contributed by atoms with E-state index >= 15 is 0 Å². The highest BCUT2D eigenvalue weighted by atomic mass is 79.9. The molecular weight excluding hydrogens is 540 g/mol. The number of rotatable bonds is 10. The highest BCUT2D eigenvalue weighted by Gasteiger charge is 2.13. The molecule has 2 aromatic rings. The van der Waals surface area contributed by atoms with E-state index in [1.807, 2.05) is 26.0 Å². The zero-order chi connectivity index (χ0) is 22.5. The van der Waals surface area contributed by atoms with Gasteiger partial charge in [-0.1, -0.05) is 57.8 Å². The largest absolute Gasteiger partial charge is 0.508 e. The van der Waals surface area contributed by atoms with Crippen molar-refractivity contribution in [1.29, 1.82) is 0 Å². The minimum Gasteiger partial charge on any atom is -0.508 e. The van der Waals surface area contributed by atoms with Gasteiger partial charge in [0.2, 0.25) is 0 Å². The van der Waals surface area contributed by atoms with E-state index < -0.39 is 15.9 Å². The highest BCUT2D eigenvalue weighted by Crippen LogP contribution is 2.34. The number of ether oxygens (including phenoxy) is 1. The predicted octanol–water partition coefficient (Wildman–Crippen LogP) is 5.25. The molecule has 0 radical (unpaired) electrons. The second-order valence-electron chi connectivity index (χ2n) is 7.31. The van der Waals surface area contributed by atoms with Crippen molar-refractivity contribution in [2.75, 3.05) is 12.4 Å². The first kappa shape index (κ1) is 24.8. The number of benzene rings is 2. The van der Waals surface area contributed by atoms with Crippen LogP contribution in [0.25, 0.3) is 0 Å². The number of carbonyl (C=O) groups excluding carboxylic acids is 1. The predicted molar refractivity (Wildman–Crippen MR) is 123 cm³/mol. The molecular formula is C21H24Br2O6S. The van der Waals surface area contributed by atoms with Gasteiger partial charge < -0.3 is 9.84 Å². The Morgan fingerprint density at radius 2 is 1.77 bits per heavy atom. The Balaban J connectivity index is 2.03. The number of hydrogen-bond donors (Lipinski definition) is 2. The molecule has 0 spiro atoms. The number of ketones is 1. The van der Waals surface area contributed by atoms with Gasteiger partial charge in [0, 0.05) is 15.4 Å². The Kier molecular flexibility index (Phi) is 8.90. The second-order valence-corrected chi connectivity index (χ2v) is 10.6. The summed E-state index contributed by atoms with van der Waals surface area (Å²) >= 11 is 7.10. The number of carbonyl (C=O) groups is 1. The molecule has 0 saturated carbocycles. The fraction of sp³-hybridized carbons (Fsp3) is 0.381. The quantitative estimate of drug-likeness (QED) is 0.383. The van der Waals surface area contributed by atoms with Crippen LogP contribution in [0.4, 0.5) is 0 Å². The Hall–Kier alpha value is -1.42. The van der Waals surface area contributed by atoms with Crippen molar-refractivity contribution in [2.24, 2.45) is 0 Å². The van der Waals surface area contributed by atoms with Crippen LogP contribution in [0, 0.1) is 0 Å². The van der Waals surface area contributed by atoms with Crippen molar-refractivity contribution < 1.29 is 27.6 Å². The third-order valence-corrected chi connectivity index (χ3v) is 6.69. The maximum atomic E-state index is 11.8. The number of aromatic hydroxyl groups is 1. The van der Waals surface area contributed by atoms with Crippen molar-refractivity contribution in [2.45, 2.75) is 39.0 Å². The van der Waals surface area contributed by atoms with Crippen LogP contribution < -0.4 is 4.74 Å². The monoisotopic (exact) mass is 562 g/mol. The molecule has 164 valence electrons. The summed E-state index contributed by atoms with van der Waals surface area (Å²) in [5, 5.41) is 10.0. The summed E-state index contributed by atoms with van der Waals surface area (Å²) in [6.45, 7) is 3.88. The van der Waals surface area contributed by atoms with Crippen molar-refractivity contribution in [1.82, 2.24) is 0 Å². The van der Waals surface area contributed by atoms with E-state index in [0.29, 0.717) is 12.2 Å². The normalized spacial score (nSPS) is 11.7. The molecule has 0 bridgehead atoms. The number of phenolic OH excluding ortho intramolecular Hbond substituents is 1. The first-order chi connectivity index (χ1) is 14.0. The first-order valence-corrected chi connectivity index (χ1v) is 12.5. The van der Waals surface area contributed by atoms with Crippen LogP contribution in [-0.4, -0.2) is 36.2 Å². The van der Waals surface area contributed by atoms with Crippen molar-refractivity contribution in [3.05, 3.63) is 56.0 Å². The summed E-state index contributed by atoms with van der Waals surface area (Å²) < 4.78 is 37.2. The summed E-state index contributed by atoms with van der Waals surface area (Å²) in [6.07, 6.45) is 0.702. The molecule has 6 nitrogen and oxygen atoms in total. The van der Waals surface area contributed by atoms with E-state index in [2.05, 4.69) is 31.9 Å². The van der Waals surface area contributed by atoms with Crippen LogP contribution in [0.1, 0.15) is 49.3 Å². The lowest BCUT2D eigenvalue weighted by atomic mass is 9.96. The van der Waals surface area contributed by atoms with Gasteiger partial charge >= 0.3 is 0 Å². The zero-order valence-corrected chi connectivity index (χ0v) is 20.7. The molecule has 0 fully saturated rings. The van der Waals surface area contributed by atoms with Gasteiger partial charge in [0.05, 0.1) is 5.75 Å². The molecule has 0 aliphatic rings. The van der Waals surface area contributed by atoms with E-state index in [1.54, 1.807) is 18.2 Å². The van der Waals surface area contributed by atoms with E-state index in [4.69, 9.17) is 9.29 Å². The molecule has 2 aromatic carbocycles. The number of Topliss-reactive ketones (excluding diaryl/α,β-unsaturated/α-hetero) is 1. The highest BCUT2D eigenvalue weighted by molar-refractivity contribution is 9.11. The Bertz CT molecular complexity index is 995. The number of halogens is 2. The summed E-state index contributed by atoms with van der Waals surface area (Å²) in [4.78, 5) is 11.8. The minimum absolute atomic E-state index is 0.0131. The van der Waals surface area contributed by atoms with Crippen LogP contribution in [0.15, 0.2) is 39.3 Å². The molecule has 9 heteroatoms. The van der Waals surface area contributed by atoms with E-state index in [9.17, 15) is 18.3 Å². The van der Waals surface area contributed by atoms with Gasteiger partial charge in [-0.15, -0.1) is 0 Å². The van der Waals surface area contributed by atoms with E-state index in [1.165, 1.54) is 0 Å². The van der Waals surface area contributed by atoms with Crippen LogP contribution in [0.2, 0.25) is 0 Å². The Morgan fingerprint density at radius 3 is 2.33 bits per heavy atom. The van der Waals surface area contributed by atoms with Gasteiger partial charge in [0.1, 0.15) is 18.1 Å². The van der Waals surface area contributed by atoms with Crippen molar-refractivity contribution in [3.63, 3.8) is 0 Å². The van der Waals surface area contributed by atoms with Gasteiger partial charge in [0.15, 0.2) is 5.78 Å². The summed E-state index contributed by atoms with van der Waals surface area (Å²) in [5.74, 6) is 0.300. The van der Waals surface area contributed by atoms with Crippen LogP contribution in [0.3, 0.4) is 0 Å². The molecule has 2 N–H and O–H groups in total. The molecule has 0 aromatic heterocycles. The molecule has 0 amide bonds. The standard InChI is InChI=1S/C21H24Br2O6S/c1-13(2)17-8-14(5-6-21(17)25)9-18-19(22)10-16(11-20(18)23)29-12-15(24)4-3-7-30(26,27)28/h5-6,8,10-11,13,25H,3-4,7,9,12H2,1-2H3,(H,26,27,28). The lowest BCUT2D eigenvalue weighted by Crippen LogP contribution is -2.13. The lowest BCUT2D eigenvalue weighted by molar-refractivity contribution is -0.121. The number of hydrogen-bond acceptors (Lipinski definition) is 5. The van der Waals surface area contributed by atoms with Crippen LogP contribution in [0.5, 0.6) is 11.5 Å².